The normalized spacial score (nSPS) is 16.7. The third-order valence-electron chi connectivity index (χ3n) is 4.53. The minimum Gasteiger partial charge on any atom is -0.456 e. The van der Waals surface area contributed by atoms with Crippen LogP contribution in [0, 0.1) is 0 Å². The van der Waals surface area contributed by atoms with Crippen molar-refractivity contribution in [3.8, 4) is 5.75 Å². The molecule has 9 heteroatoms. The molecule has 2 heterocycles. The summed E-state index contributed by atoms with van der Waals surface area (Å²) in [7, 11) is 0. The van der Waals surface area contributed by atoms with E-state index < -0.39 is 23.3 Å². The maximum absolute atomic E-state index is 13.3. The number of hydrogen-bond acceptors (Lipinski definition) is 9. The quantitative estimate of drug-likeness (QED) is 0.395. The molecule has 0 aromatic heterocycles. The Morgan fingerprint density at radius 1 is 1.15 bits per heavy atom. The summed E-state index contributed by atoms with van der Waals surface area (Å²) in [5.74, 6) is 0.574. The van der Waals surface area contributed by atoms with Gasteiger partial charge in [-0.1, -0.05) is 30.5 Å². The lowest BCUT2D eigenvalue weighted by molar-refractivity contribution is 0.00565. The zero-order valence-corrected chi connectivity index (χ0v) is 21.7. The van der Waals surface area contributed by atoms with E-state index in [1.165, 1.54) is 0 Å². The number of esters is 1. The first kappa shape index (κ1) is 25.5. The van der Waals surface area contributed by atoms with E-state index in [-0.39, 0.29) is 16.6 Å². The van der Waals surface area contributed by atoms with Crippen molar-refractivity contribution >= 4 is 46.9 Å². The molecule has 7 nitrogen and oxygen atoms in total. The van der Waals surface area contributed by atoms with Gasteiger partial charge < -0.3 is 19.1 Å². The Hall–Kier alpha value is -2.13. The second-order valence-corrected chi connectivity index (χ2v) is 12.2. The van der Waals surface area contributed by atoms with Crippen LogP contribution in [0.5, 0.6) is 5.75 Å². The highest BCUT2D eigenvalue weighted by atomic mass is 32.2. The Kier molecular flexibility index (Phi) is 7.73. The van der Waals surface area contributed by atoms with Crippen LogP contribution in [0.4, 0.5) is 4.79 Å². The molecule has 2 aliphatic heterocycles. The van der Waals surface area contributed by atoms with Gasteiger partial charge in [0, 0.05) is 34.6 Å². The van der Waals surface area contributed by atoms with Gasteiger partial charge in [0.25, 0.3) is 0 Å². The summed E-state index contributed by atoms with van der Waals surface area (Å²) in [6, 6.07) is 3.64. The van der Waals surface area contributed by atoms with Gasteiger partial charge in [-0.3, -0.25) is 4.99 Å². The number of carbonyl (C=O) groups is 2. The van der Waals surface area contributed by atoms with Crippen LogP contribution in [0.1, 0.15) is 57.5 Å². The molecule has 0 N–H and O–H groups in total. The smallest absolute Gasteiger partial charge is 0.456 e. The van der Waals surface area contributed by atoms with Crippen molar-refractivity contribution < 1.29 is 23.8 Å². The monoisotopic (exact) mass is 492 g/mol. The average Bonchev–Trinajstić information content (AvgIpc) is 3.15. The minimum atomic E-state index is -0.886. The van der Waals surface area contributed by atoms with E-state index in [1.807, 2.05) is 6.07 Å². The first-order valence-electron chi connectivity index (χ1n) is 10.9. The van der Waals surface area contributed by atoms with Crippen molar-refractivity contribution in [2.45, 2.75) is 62.9 Å². The zero-order valence-electron chi connectivity index (χ0n) is 20.1. The molecule has 0 bridgehead atoms. The maximum Gasteiger partial charge on any atom is 0.514 e. The Bertz CT molecular complexity index is 957. The molecule has 0 spiro atoms. The van der Waals surface area contributed by atoms with Crippen LogP contribution in [-0.4, -0.2) is 64.0 Å². The van der Waals surface area contributed by atoms with Gasteiger partial charge in [-0.05, 0) is 47.6 Å². The van der Waals surface area contributed by atoms with Gasteiger partial charge in [0.2, 0.25) is 0 Å². The second kappa shape index (κ2) is 10.0. The number of carbonyl (C=O) groups excluding carboxylic acids is 2. The van der Waals surface area contributed by atoms with Crippen LogP contribution in [0.2, 0.25) is 0 Å². The molecule has 2 aliphatic rings. The summed E-state index contributed by atoms with van der Waals surface area (Å²) in [5, 5.41) is 1.37. The Labute approximate surface area is 204 Å². The fraction of sp³-hybridized carbons (Fsp3) is 0.542. The molecular formula is C24H32N2O5S2. The number of amidine groups is 1. The van der Waals surface area contributed by atoms with Crippen LogP contribution < -0.4 is 4.74 Å². The summed E-state index contributed by atoms with van der Waals surface area (Å²) in [6.07, 6.45) is 0.659. The second-order valence-electron chi connectivity index (χ2n) is 9.79. The third-order valence-corrected chi connectivity index (χ3v) is 6.79. The summed E-state index contributed by atoms with van der Waals surface area (Å²) < 4.78 is 16.6. The van der Waals surface area contributed by atoms with Crippen LogP contribution in [0.25, 0.3) is 6.08 Å². The first-order chi connectivity index (χ1) is 15.4. The Balaban J connectivity index is 1.90. The topological polar surface area (TPSA) is 77.4 Å². The van der Waals surface area contributed by atoms with Gasteiger partial charge in [0.15, 0.2) is 10.9 Å². The van der Waals surface area contributed by atoms with Gasteiger partial charge >= 0.3 is 12.1 Å². The summed E-state index contributed by atoms with van der Waals surface area (Å²) in [5.41, 5.74) is -0.722. The lowest BCUT2D eigenvalue weighted by atomic mass is 10.1. The fourth-order valence-electron chi connectivity index (χ4n) is 3.19. The van der Waals surface area contributed by atoms with Crippen molar-refractivity contribution in [3.63, 3.8) is 0 Å². The van der Waals surface area contributed by atoms with Crippen molar-refractivity contribution in [2.75, 3.05) is 25.4 Å². The van der Waals surface area contributed by atoms with Gasteiger partial charge in [0.05, 0.1) is 6.54 Å². The summed E-state index contributed by atoms with van der Waals surface area (Å²) >= 11 is 3.35. The van der Waals surface area contributed by atoms with E-state index in [0.29, 0.717) is 10.5 Å². The number of ether oxygens (including phenoxy) is 3. The maximum atomic E-state index is 13.3. The van der Waals surface area contributed by atoms with Crippen molar-refractivity contribution in [1.82, 2.24) is 4.90 Å². The SMILES string of the molecule is C=Cc1ccc(SC2CN(C3=NCCS3)C2)c(C(=O)OC(C)(C)C)c1OC(=O)OC(C)(C)C. The zero-order chi connectivity index (χ0) is 24.4. The Morgan fingerprint density at radius 2 is 1.82 bits per heavy atom. The molecular weight excluding hydrogens is 460 g/mol. The van der Waals surface area contributed by atoms with Gasteiger partial charge in [-0.2, -0.15) is 0 Å². The van der Waals surface area contributed by atoms with E-state index in [2.05, 4.69) is 16.5 Å². The van der Waals surface area contributed by atoms with Crippen LogP contribution in [-0.2, 0) is 9.47 Å². The lowest BCUT2D eigenvalue weighted by Gasteiger charge is -2.40. The molecule has 0 saturated carbocycles. The fourth-order valence-corrected chi connectivity index (χ4v) is 5.38. The molecule has 3 rings (SSSR count). The van der Waals surface area contributed by atoms with Crippen LogP contribution in [0.15, 0.2) is 28.6 Å². The number of aliphatic imine (C=N–C) groups is 1. The average molecular weight is 493 g/mol. The number of nitrogens with zero attached hydrogens (tertiary/aromatic N) is 2. The van der Waals surface area contributed by atoms with Crippen LogP contribution >= 0.6 is 23.5 Å². The predicted molar refractivity (Wildman–Crippen MR) is 135 cm³/mol. The van der Waals surface area contributed by atoms with E-state index >= 15 is 0 Å². The van der Waals surface area contributed by atoms with Gasteiger partial charge in [0.1, 0.15) is 16.8 Å². The molecule has 0 aliphatic carbocycles. The number of rotatable bonds is 5. The van der Waals surface area contributed by atoms with E-state index in [1.54, 1.807) is 77.2 Å². The molecule has 0 unspecified atom stereocenters. The lowest BCUT2D eigenvalue weighted by Crippen LogP contribution is -2.50. The van der Waals surface area contributed by atoms with Crippen LogP contribution in [0.3, 0.4) is 0 Å². The largest absolute Gasteiger partial charge is 0.514 e. The van der Waals surface area contributed by atoms with E-state index in [9.17, 15) is 9.59 Å². The minimum absolute atomic E-state index is 0.102. The Morgan fingerprint density at radius 3 is 2.36 bits per heavy atom. The highest BCUT2D eigenvalue weighted by molar-refractivity contribution is 8.14. The summed E-state index contributed by atoms with van der Waals surface area (Å²) in [4.78, 5) is 33.2. The number of likely N-dealkylation sites (tertiary alicyclic amines) is 1. The molecule has 1 aromatic rings. The van der Waals surface area contributed by atoms with Crippen molar-refractivity contribution in [2.24, 2.45) is 4.99 Å². The van der Waals surface area contributed by atoms with Crippen molar-refractivity contribution in [3.05, 3.63) is 29.8 Å². The van der Waals surface area contributed by atoms with Crippen molar-refractivity contribution in [1.29, 1.82) is 0 Å². The molecule has 1 fully saturated rings. The predicted octanol–water partition coefficient (Wildman–Crippen LogP) is 5.48. The molecule has 180 valence electrons. The van der Waals surface area contributed by atoms with E-state index in [0.717, 1.165) is 30.6 Å². The molecule has 33 heavy (non-hydrogen) atoms. The molecule has 0 amide bonds. The van der Waals surface area contributed by atoms with Gasteiger partial charge in [-0.15, -0.1) is 11.8 Å². The van der Waals surface area contributed by atoms with E-state index in [4.69, 9.17) is 14.2 Å². The number of benzene rings is 1. The molecule has 0 radical (unpaired) electrons. The first-order valence-corrected chi connectivity index (χ1v) is 12.8. The standard InChI is InChI=1S/C24H32N2O5S2/c1-8-15-9-10-17(33-16-13-26(14-16)21-25-11-12-32-21)18(20(27)30-23(2,3)4)19(15)29-22(28)31-24(5,6)7/h8-10,16H,1,11-14H2,2-7H3. The molecule has 1 saturated heterocycles. The molecule has 1 aromatic carbocycles. The number of thioether (sulfide) groups is 2. The highest BCUT2D eigenvalue weighted by Crippen LogP contribution is 2.40. The third kappa shape index (κ3) is 6.93. The highest BCUT2D eigenvalue weighted by Gasteiger charge is 2.34. The number of hydrogen-bond donors (Lipinski definition) is 0. The molecule has 0 atom stereocenters. The summed E-state index contributed by atoms with van der Waals surface area (Å²) in [6.45, 7) is 17.0. The van der Waals surface area contributed by atoms with Gasteiger partial charge in [-0.25, -0.2) is 9.59 Å².